The van der Waals surface area contributed by atoms with Crippen LogP contribution in [0.15, 0.2) is 47.4 Å². The molecule has 0 aliphatic carbocycles. The summed E-state index contributed by atoms with van der Waals surface area (Å²) in [4.78, 5) is 14.0. The van der Waals surface area contributed by atoms with Crippen LogP contribution in [0.2, 0.25) is 5.02 Å². The van der Waals surface area contributed by atoms with Gasteiger partial charge in [-0.3, -0.25) is 4.90 Å². The minimum atomic E-state index is -3.91. The van der Waals surface area contributed by atoms with Gasteiger partial charge in [-0.2, -0.15) is 0 Å². The molecule has 3 rings (SSSR count). The number of methoxy groups -OCH3 is 1. The zero-order chi connectivity index (χ0) is 20.9. The van der Waals surface area contributed by atoms with Gasteiger partial charge in [0, 0.05) is 13.1 Å². The molecule has 0 atom stereocenters. The predicted octanol–water partition coefficient (Wildman–Crippen LogP) is 3.59. The standard InChI is InChI=1S/C21H25ClN2O4S/c1-28-21(25)16-9-10-19(22)20(13-16)29(26,27)23-14-17-7-3-4-8-18(17)15-24-11-5-2-6-12-24/h3-4,7-10,13,23H,2,5-6,11-12,14-15H2,1H3. The van der Waals surface area contributed by atoms with E-state index in [1.54, 1.807) is 0 Å². The average Bonchev–Trinajstić information content (AvgIpc) is 2.73. The number of rotatable bonds is 7. The summed E-state index contributed by atoms with van der Waals surface area (Å²) in [6.45, 7) is 3.08. The fraction of sp³-hybridized carbons (Fsp3) is 0.381. The minimum absolute atomic E-state index is 0.0479. The molecule has 156 valence electrons. The first-order valence-corrected chi connectivity index (χ1v) is 11.4. The summed E-state index contributed by atoms with van der Waals surface area (Å²) in [5, 5.41) is 0.0479. The van der Waals surface area contributed by atoms with Crippen LogP contribution in [-0.4, -0.2) is 39.5 Å². The second-order valence-electron chi connectivity index (χ2n) is 7.07. The zero-order valence-corrected chi connectivity index (χ0v) is 17.9. The summed E-state index contributed by atoms with van der Waals surface area (Å²) in [7, 11) is -2.67. The van der Waals surface area contributed by atoms with Crippen molar-refractivity contribution in [3.8, 4) is 0 Å². The van der Waals surface area contributed by atoms with E-state index in [1.807, 2.05) is 24.3 Å². The topological polar surface area (TPSA) is 75.7 Å². The molecule has 0 aromatic heterocycles. The lowest BCUT2D eigenvalue weighted by Crippen LogP contribution is -2.30. The number of carbonyl (C=O) groups is 1. The van der Waals surface area contributed by atoms with Crippen LogP contribution in [0, 0.1) is 0 Å². The molecule has 0 spiro atoms. The molecule has 0 bridgehead atoms. The van der Waals surface area contributed by atoms with E-state index in [1.165, 1.54) is 44.6 Å². The molecule has 1 N–H and O–H groups in total. The van der Waals surface area contributed by atoms with E-state index in [0.717, 1.165) is 30.8 Å². The van der Waals surface area contributed by atoms with Gasteiger partial charge in [-0.25, -0.2) is 17.9 Å². The number of benzene rings is 2. The maximum absolute atomic E-state index is 12.8. The quantitative estimate of drug-likeness (QED) is 0.671. The molecule has 1 aliphatic heterocycles. The Kier molecular flexibility index (Phi) is 7.29. The lowest BCUT2D eigenvalue weighted by Gasteiger charge is -2.27. The Morgan fingerprint density at radius 3 is 2.48 bits per heavy atom. The highest BCUT2D eigenvalue weighted by Gasteiger charge is 2.21. The van der Waals surface area contributed by atoms with Crippen molar-refractivity contribution < 1.29 is 17.9 Å². The van der Waals surface area contributed by atoms with Gasteiger partial charge in [-0.1, -0.05) is 42.3 Å². The fourth-order valence-corrected chi connectivity index (χ4v) is 4.98. The maximum atomic E-state index is 12.8. The summed E-state index contributed by atoms with van der Waals surface area (Å²) >= 11 is 6.09. The van der Waals surface area contributed by atoms with Gasteiger partial charge in [-0.05, 0) is 55.3 Å². The molecule has 29 heavy (non-hydrogen) atoms. The van der Waals surface area contributed by atoms with E-state index in [2.05, 4.69) is 14.4 Å². The minimum Gasteiger partial charge on any atom is -0.465 e. The van der Waals surface area contributed by atoms with Gasteiger partial charge in [-0.15, -0.1) is 0 Å². The van der Waals surface area contributed by atoms with Crippen molar-refractivity contribution in [3.63, 3.8) is 0 Å². The van der Waals surface area contributed by atoms with E-state index in [9.17, 15) is 13.2 Å². The highest BCUT2D eigenvalue weighted by atomic mass is 35.5. The first-order valence-electron chi connectivity index (χ1n) is 9.57. The Labute approximate surface area is 176 Å². The molecule has 0 amide bonds. The van der Waals surface area contributed by atoms with Crippen molar-refractivity contribution in [1.82, 2.24) is 9.62 Å². The van der Waals surface area contributed by atoms with Gasteiger partial charge in [0.15, 0.2) is 0 Å². The van der Waals surface area contributed by atoms with Crippen LogP contribution >= 0.6 is 11.6 Å². The van der Waals surface area contributed by atoms with Crippen LogP contribution in [0.25, 0.3) is 0 Å². The van der Waals surface area contributed by atoms with E-state index < -0.39 is 16.0 Å². The molecule has 0 radical (unpaired) electrons. The Bertz CT molecular complexity index is 972. The van der Waals surface area contributed by atoms with Crippen molar-refractivity contribution in [2.45, 2.75) is 37.2 Å². The molecule has 1 aliphatic rings. The number of nitrogens with one attached hydrogen (secondary N) is 1. The van der Waals surface area contributed by atoms with E-state index in [4.69, 9.17) is 11.6 Å². The second kappa shape index (κ2) is 9.71. The van der Waals surface area contributed by atoms with E-state index >= 15 is 0 Å². The number of sulfonamides is 1. The van der Waals surface area contributed by atoms with Crippen molar-refractivity contribution in [2.75, 3.05) is 20.2 Å². The second-order valence-corrected chi connectivity index (χ2v) is 9.21. The van der Waals surface area contributed by atoms with Gasteiger partial charge >= 0.3 is 5.97 Å². The van der Waals surface area contributed by atoms with Crippen LogP contribution in [0.3, 0.4) is 0 Å². The molecule has 2 aromatic carbocycles. The average molecular weight is 437 g/mol. The Hall–Kier alpha value is -1.93. The number of likely N-dealkylation sites (tertiary alicyclic amines) is 1. The molecule has 2 aromatic rings. The molecule has 1 heterocycles. The SMILES string of the molecule is COC(=O)c1ccc(Cl)c(S(=O)(=O)NCc2ccccc2CN2CCCCC2)c1. The summed E-state index contributed by atoms with van der Waals surface area (Å²) < 4.78 is 32.9. The molecular formula is C21H25ClN2O4S. The number of hydrogen-bond acceptors (Lipinski definition) is 5. The van der Waals surface area contributed by atoms with Gasteiger partial charge in [0.05, 0.1) is 17.7 Å². The third-order valence-corrected chi connectivity index (χ3v) is 6.94. The molecule has 1 saturated heterocycles. The van der Waals surface area contributed by atoms with Crippen LogP contribution in [-0.2, 0) is 27.8 Å². The highest BCUT2D eigenvalue weighted by Crippen LogP contribution is 2.24. The van der Waals surface area contributed by atoms with Crippen molar-refractivity contribution in [1.29, 1.82) is 0 Å². The maximum Gasteiger partial charge on any atom is 0.337 e. The first kappa shape index (κ1) is 21.8. The summed E-state index contributed by atoms with van der Waals surface area (Å²) in [5.41, 5.74) is 2.15. The van der Waals surface area contributed by atoms with Crippen molar-refractivity contribution in [2.24, 2.45) is 0 Å². The third kappa shape index (κ3) is 5.57. The summed E-state index contributed by atoms with van der Waals surface area (Å²) in [5.74, 6) is -0.620. The number of halogens is 1. The van der Waals surface area contributed by atoms with Gasteiger partial charge < -0.3 is 4.74 Å². The molecule has 0 unspecified atom stereocenters. The number of hydrogen-bond donors (Lipinski definition) is 1. The van der Waals surface area contributed by atoms with Gasteiger partial charge in [0.1, 0.15) is 4.90 Å². The van der Waals surface area contributed by atoms with Gasteiger partial charge in [0.25, 0.3) is 0 Å². The smallest absolute Gasteiger partial charge is 0.337 e. The lowest BCUT2D eigenvalue weighted by atomic mass is 10.1. The van der Waals surface area contributed by atoms with Crippen LogP contribution < -0.4 is 4.72 Å². The van der Waals surface area contributed by atoms with Crippen LogP contribution in [0.4, 0.5) is 0 Å². The first-order chi connectivity index (χ1) is 13.9. The highest BCUT2D eigenvalue weighted by molar-refractivity contribution is 7.89. The van der Waals surface area contributed by atoms with Crippen molar-refractivity contribution >= 4 is 27.6 Å². The predicted molar refractivity (Wildman–Crippen MR) is 112 cm³/mol. The van der Waals surface area contributed by atoms with Crippen LogP contribution in [0.1, 0.15) is 40.7 Å². The number of piperidine rings is 1. The summed E-state index contributed by atoms with van der Waals surface area (Å²) in [6.07, 6.45) is 3.66. The number of carbonyl (C=O) groups excluding carboxylic acids is 1. The fourth-order valence-electron chi connectivity index (χ4n) is 3.45. The number of esters is 1. The van der Waals surface area contributed by atoms with Gasteiger partial charge in [0.2, 0.25) is 10.0 Å². The molecule has 1 fully saturated rings. The van der Waals surface area contributed by atoms with E-state index in [0.29, 0.717) is 0 Å². The zero-order valence-electron chi connectivity index (χ0n) is 16.4. The van der Waals surface area contributed by atoms with E-state index in [-0.39, 0.29) is 22.0 Å². The Morgan fingerprint density at radius 2 is 1.79 bits per heavy atom. The normalized spacial score (nSPS) is 15.2. The number of nitrogens with zero attached hydrogens (tertiary/aromatic N) is 1. The van der Waals surface area contributed by atoms with Crippen molar-refractivity contribution in [3.05, 3.63) is 64.2 Å². The molecule has 8 heteroatoms. The van der Waals surface area contributed by atoms with Crippen LogP contribution in [0.5, 0.6) is 0 Å². The third-order valence-electron chi connectivity index (χ3n) is 5.06. The molecule has 6 nitrogen and oxygen atoms in total. The lowest BCUT2D eigenvalue weighted by molar-refractivity contribution is 0.0600. The summed E-state index contributed by atoms with van der Waals surface area (Å²) in [6, 6.07) is 11.9. The Morgan fingerprint density at radius 1 is 1.10 bits per heavy atom. The molecule has 0 saturated carbocycles. The molecular weight excluding hydrogens is 412 g/mol. The largest absolute Gasteiger partial charge is 0.465 e. The monoisotopic (exact) mass is 436 g/mol. The Balaban J connectivity index is 1.76. The number of ether oxygens (including phenoxy) is 1.